The molecule has 0 amide bonds. The number of nitrogens with zero attached hydrogens (tertiary/aromatic N) is 3. The van der Waals surface area contributed by atoms with Crippen LogP contribution in [-0.4, -0.2) is 35.3 Å². The van der Waals surface area contributed by atoms with Gasteiger partial charge in [-0.25, -0.2) is 14.4 Å². The summed E-state index contributed by atoms with van der Waals surface area (Å²) >= 11 is 6.20. The Kier molecular flexibility index (Phi) is 4.35. The molecule has 0 bridgehead atoms. The Morgan fingerprint density at radius 3 is 2.48 bits per heavy atom. The maximum Gasteiger partial charge on any atom is 0.224 e. The first-order valence-corrected chi connectivity index (χ1v) is 8.73. The Bertz CT molecular complexity index is 777. The van der Waals surface area contributed by atoms with Gasteiger partial charge in [0.25, 0.3) is 0 Å². The van der Waals surface area contributed by atoms with Crippen LogP contribution in [0.15, 0.2) is 24.3 Å². The Balaban J connectivity index is 1.72. The van der Waals surface area contributed by atoms with Crippen molar-refractivity contribution in [2.75, 3.05) is 18.0 Å². The van der Waals surface area contributed by atoms with Crippen molar-refractivity contribution in [1.29, 1.82) is 0 Å². The second kappa shape index (κ2) is 6.52. The summed E-state index contributed by atoms with van der Waals surface area (Å²) in [4.78, 5) is 11.1. The van der Waals surface area contributed by atoms with Gasteiger partial charge in [-0.3, -0.25) is 0 Å². The average molecular weight is 364 g/mol. The quantitative estimate of drug-likeness (QED) is 0.764. The van der Waals surface area contributed by atoms with Crippen molar-refractivity contribution in [3.8, 4) is 0 Å². The molecular formula is C18H19ClFN3O2. The van der Waals surface area contributed by atoms with Gasteiger partial charge in [0.05, 0.1) is 24.5 Å². The van der Waals surface area contributed by atoms with Crippen molar-refractivity contribution in [3.63, 3.8) is 0 Å². The van der Waals surface area contributed by atoms with E-state index in [2.05, 4.69) is 14.9 Å². The smallest absolute Gasteiger partial charge is 0.224 e. The SMILES string of the molecule is CC1CN(c2nc(Cl)nc3c2COC3c2ccc(F)cc2)CC(C)O1. The summed E-state index contributed by atoms with van der Waals surface area (Å²) in [5.41, 5.74) is 2.55. The van der Waals surface area contributed by atoms with Crippen LogP contribution in [0.2, 0.25) is 5.28 Å². The Hall–Kier alpha value is -1.76. The maximum absolute atomic E-state index is 13.2. The molecule has 0 spiro atoms. The number of rotatable bonds is 2. The van der Waals surface area contributed by atoms with Crippen LogP contribution in [0.25, 0.3) is 0 Å². The molecule has 1 fully saturated rings. The Morgan fingerprint density at radius 1 is 1.12 bits per heavy atom. The molecule has 3 atom stereocenters. The molecule has 2 aromatic rings. The number of hydrogen-bond acceptors (Lipinski definition) is 5. The molecule has 2 aliphatic rings. The third-order valence-electron chi connectivity index (χ3n) is 4.52. The number of aromatic nitrogens is 2. The number of benzene rings is 1. The number of fused-ring (bicyclic) bond motifs is 1. The molecule has 3 heterocycles. The number of hydrogen-bond donors (Lipinski definition) is 0. The molecule has 2 aliphatic heterocycles. The fraction of sp³-hybridized carbons (Fsp3) is 0.444. The van der Waals surface area contributed by atoms with Gasteiger partial charge in [0, 0.05) is 18.7 Å². The van der Waals surface area contributed by atoms with Crippen LogP contribution in [0.4, 0.5) is 10.2 Å². The van der Waals surface area contributed by atoms with Crippen molar-refractivity contribution in [2.24, 2.45) is 0 Å². The zero-order valence-corrected chi connectivity index (χ0v) is 14.8. The first kappa shape index (κ1) is 16.7. The van der Waals surface area contributed by atoms with Gasteiger partial charge in [0.2, 0.25) is 5.28 Å². The minimum Gasteiger partial charge on any atom is -0.372 e. The van der Waals surface area contributed by atoms with E-state index in [1.54, 1.807) is 12.1 Å². The van der Waals surface area contributed by atoms with E-state index in [1.165, 1.54) is 12.1 Å². The van der Waals surface area contributed by atoms with Gasteiger partial charge in [-0.15, -0.1) is 0 Å². The highest BCUT2D eigenvalue weighted by atomic mass is 35.5. The molecule has 132 valence electrons. The fourth-order valence-corrected chi connectivity index (χ4v) is 3.74. The summed E-state index contributed by atoms with van der Waals surface area (Å²) in [6, 6.07) is 6.27. The first-order chi connectivity index (χ1) is 12.0. The first-order valence-electron chi connectivity index (χ1n) is 8.35. The molecule has 0 aliphatic carbocycles. The normalized spacial score (nSPS) is 25.9. The van der Waals surface area contributed by atoms with Gasteiger partial charge in [-0.2, -0.15) is 0 Å². The number of anilines is 1. The van der Waals surface area contributed by atoms with Crippen LogP contribution < -0.4 is 4.90 Å². The van der Waals surface area contributed by atoms with Crippen molar-refractivity contribution < 1.29 is 13.9 Å². The van der Waals surface area contributed by atoms with E-state index in [0.29, 0.717) is 6.61 Å². The summed E-state index contributed by atoms with van der Waals surface area (Å²) in [6.07, 6.45) is -0.127. The number of ether oxygens (including phenoxy) is 2. The van der Waals surface area contributed by atoms with Gasteiger partial charge >= 0.3 is 0 Å². The lowest BCUT2D eigenvalue weighted by Gasteiger charge is -2.36. The number of halogens is 2. The number of morpholine rings is 1. The summed E-state index contributed by atoms with van der Waals surface area (Å²) < 4.78 is 25.0. The van der Waals surface area contributed by atoms with Gasteiger partial charge < -0.3 is 14.4 Å². The summed E-state index contributed by atoms with van der Waals surface area (Å²) in [6.45, 7) is 5.98. The van der Waals surface area contributed by atoms with Gasteiger partial charge in [-0.05, 0) is 43.1 Å². The lowest BCUT2D eigenvalue weighted by Crippen LogP contribution is -2.46. The minimum atomic E-state index is -0.356. The zero-order valence-electron chi connectivity index (χ0n) is 14.1. The molecule has 3 unspecified atom stereocenters. The molecule has 1 saturated heterocycles. The second-order valence-corrected chi connectivity index (χ2v) is 6.92. The lowest BCUT2D eigenvalue weighted by molar-refractivity contribution is -0.00558. The molecule has 1 aromatic carbocycles. The van der Waals surface area contributed by atoms with Crippen molar-refractivity contribution in [3.05, 3.63) is 52.2 Å². The molecule has 0 saturated carbocycles. The summed E-state index contributed by atoms with van der Waals surface area (Å²) in [5.74, 6) is 0.529. The third-order valence-corrected chi connectivity index (χ3v) is 4.69. The highest BCUT2D eigenvalue weighted by Crippen LogP contribution is 2.39. The van der Waals surface area contributed by atoms with E-state index in [4.69, 9.17) is 21.1 Å². The van der Waals surface area contributed by atoms with Gasteiger partial charge in [-0.1, -0.05) is 12.1 Å². The van der Waals surface area contributed by atoms with Crippen LogP contribution in [0.3, 0.4) is 0 Å². The molecule has 25 heavy (non-hydrogen) atoms. The standard InChI is InChI=1S/C18H19ClFN3O2/c1-10-7-23(8-11(2)25-10)17-14-9-24-16(15(14)21-18(19)22-17)12-3-5-13(20)6-4-12/h3-6,10-11,16H,7-9H2,1-2H3. The van der Waals surface area contributed by atoms with E-state index < -0.39 is 0 Å². The summed E-state index contributed by atoms with van der Waals surface area (Å²) in [7, 11) is 0. The lowest BCUT2D eigenvalue weighted by atomic mass is 10.0. The largest absolute Gasteiger partial charge is 0.372 e. The topological polar surface area (TPSA) is 47.5 Å². The molecule has 5 nitrogen and oxygen atoms in total. The van der Waals surface area contributed by atoms with Crippen molar-refractivity contribution in [2.45, 2.75) is 38.8 Å². The minimum absolute atomic E-state index is 0.114. The van der Waals surface area contributed by atoms with Crippen molar-refractivity contribution >= 4 is 17.4 Å². The molecule has 1 aromatic heterocycles. The third kappa shape index (κ3) is 3.21. The van der Waals surface area contributed by atoms with Crippen LogP contribution >= 0.6 is 11.6 Å². The van der Waals surface area contributed by atoms with E-state index in [9.17, 15) is 4.39 Å². The second-order valence-electron chi connectivity index (χ2n) is 6.58. The molecule has 0 radical (unpaired) electrons. The fourth-order valence-electron chi connectivity index (χ4n) is 3.57. The molecule has 0 N–H and O–H groups in total. The highest BCUT2D eigenvalue weighted by Gasteiger charge is 2.34. The van der Waals surface area contributed by atoms with Gasteiger partial charge in [0.1, 0.15) is 17.7 Å². The van der Waals surface area contributed by atoms with Gasteiger partial charge in [0.15, 0.2) is 0 Å². The van der Waals surface area contributed by atoms with E-state index >= 15 is 0 Å². The van der Waals surface area contributed by atoms with Crippen LogP contribution in [0.1, 0.15) is 36.8 Å². The van der Waals surface area contributed by atoms with Crippen LogP contribution in [-0.2, 0) is 16.1 Å². The van der Waals surface area contributed by atoms with Crippen LogP contribution in [0.5, 0.6) is 0 Å². The predicted octanol–water partition coefficient (Wildman–Crippen LogP) is 3.50. The zero-order chi connectivity index (χ0) is 17.6. The Morgan fingerprint density at radius 2 is 1.80 bits per heavy atom. The average Bonchev–Trinajstić information content (AvgIpc) is 2.97. The van der Waals surface area contributed by atoms with Crippen LogP contribution in [0, 0.1) is 5.82 Å². The monoisotopic (exact) mass is 363 g/mol. The molecule has 4 rings (SSSR count). The Labute approximate surface area is 150 Å². The molecular weight excluding hydrogens is 345 g/mol. The van der Waals surface area contributed by atoms with Crippen molar-refractivity contribution in [1.82, 2.24) is 9.97 Å². The van der Waals surface area contributed by atoms with E-state index in [0.717, 1.165) is 35.7 Å². The highest BCUT2D eigenvalue weighted by molar-refractivity contribution is 6.28. The maximum atomic E-state index is 13.2. The van der Waals surface area contributed by atoms with E-state index in [-0.39, 0.29) is 29.4 Å². The molecule has 7 heteroatoms. The van der Waals surface area contributed by atoms with E-state index in [1.807, 2.05) is 13.8 Å². The predicted molar refractivity (Wildman–Crippen MR) is 92.3 cm³/mol. The summed E-state index contributed by atoms with van der Waals surface area (Å²) in [5, 5.41) is 0.193.